The molecule has 2 amide bonds. The van der Waals surface area contributed by atoms with Crippen molar-refractivity contribution < 1.29 is 9.53 Å². The van der Waals surface area contributed by atoms with Gasteiger partial charge in [0.1, 0.15) is 12.1 Å². The van der Waals surface area contributed by atoms with Crippen molar-refractivity contribution in [3.63, 3.8) is 0 Å². The summed E-state index contributed by atoms with van der Waals surface area (Å²) >= 11 is 0. The molecule has 2 aliphatic carbocycles. The smallest absolute Gasteiger partial charge is 0.327 e. The second kappa shape index (κ2) is 7.28. The molecular formula is C24H27N7O2. The van der Waals surface area contributed by atoms with Crippen LogP contribution in [0.5, 0.6) is 5.88 Å². The normalized spacial score (nSPS) is 24.8. The van der Waals surface area contributed by atoms with Crippen molar-refractivity contribution in [3.8, 4) is 5.88 Å². The van der Waals surface area contributed by atoms with E-state index in [9.17, 15) is 4.79 Å². The topological polar surface area (TPSA) is 99.3 Å². The molecule has 4 heterocycles. The van der Waals surface area contributed by atoms with Gasteiger partial charge in [0.15, 0.2) is 5.82 Å². The summed E-state index contributed by atoms with van der Waals surface area (Å²) in [7, 11) is 2.05. The minimum atomic E-state index is -0.195. The van der Waals surface area contributed by atoms with Gasteiger partial charge in [0.2, 0.25) is 5.88 Å². The van der Waals surface area contributed by atoms with Crippen molar-refractivity contribution in [2.45, 2.75) is 51.2 Å². The van der Waals surface area contributed by atoms with E-state index in [2.05, 4.69) is 57.4 Å². The first kappa shape index (κ1) is 20.2. The number of allylic oxidation sites excluding steroid dienone is 1. The Hall–Kier alpha value is -3.46. The second-order valence-electron chi connectivity index (χ2n) is 9.78. The van der Waals surface area contributed by atoms with Gasteiger partial charge in [-0.05, 0) is 43.7 Å². The fourth-order valence-corrected chi connectivity index (χ4v) is 4.86. The number of anilines is 1. The van der Waals surface area contributed by atoms with Crippen LogP contribution in [-0.2, 0) is 18.5 Å². The predicted molar refractivity (Wildman–Crippen MR) is 122 cm³/mol. The van der Waals surface area contributed by atoms with Crippen LogP contribution in [0.3, 0.4) is 0 Å². The number of H-pyrrole nitrogens is 1. The minimum Gasteiger partial charge on any atom is -0.439 e. The molecule has 2 unspecified atom stereocenters. The van der Waals surface area contributed by atoms with E-state index in [1.807, 2.05) is 24.4 Å². The highest BCUT2D eigenvalue weighted by atomic mass is 16.5. The van der Waals surface area contributed by atoms with Crippen LogP contribution < -0.4 is 10.1 Å². The molecule has 2 atom stereocenters. The highest BCUT2D eigenvalue weighted by molar-refractivity contribution is 5.90. The number of aromatic nitrogens is 4. The number of rotatable bonds is 4. The Balaban J connectivity index is 1.16. The molecular weight excluding hydrogens is 418 g/mol. The first-order chi connectivity index (χ1) is 15.9. The predicted octanol–water partition coefficient (Wildman–Crippen LogP) is 3.47. The number of amides is 2. The van der Waals surface area contributed by atoms with E-state index in [-0.39, 0.29) is 23.4 Å². The maximum Gasteiger partial charge on any atom is 0.327 e. The molecule has 0 radical (unpaired) electrons. The van der Waals surface area contributed by atoms with Crippen LogP contribution >= 0.6 is 0 Å². The number of carbonyl (C=O) groups excluding carboxylic acids is 1. The fourth-order valence-electron chi connectivity index (χ4n) is 4.86. The SMILES string of the molecule is CC1C=C(Oc2ncnc3c2CN(C)C3)C=C2C=CN(C(=O)Nc3cc(C4(C)CC4)[nH]n3)C21. The summed E-state index contributed by atoms with van der Waals surface area (Å²) in [6.07, 6.45) is 11.7. The largest absolute Gasteiger partial charge is 0.439 e. The standard InChI is InChI=1S/C24H27N7O2/c1-14-8-16(33-22-17-11-30(3)12-18(17)25-13-26-22)9-15-4-7-31(21(14)15)23(32)27-20-10-19(28-29-20)24(2)5-6-24/h4,7-10,13-14,21H,5-6,11-12H2,1-3H3,(H2,27,28,29,32). The third-order valence-corrected chi connectivity index (χ3v) is 7.06. The molecule has 33 heavy (non-hydrogen) atoms. The Morgan fingerprint density at radius 3 is 2.97 bits per heavy atom. The number of hydrogen-bond donors (Lipinski definition) is 2. The maximum atomic E-state index is 13.0. The second-order valence-corrected chi connectivity index (χ2v) is 9.78. The van der Waals surface area contributed by atoms with Crippen LogP contribution in [0.4, 0.5) is 10.6 Å². The molecule has 0 spiro atoms. The molecule has 2 aromatic heterocycles. The number of nitrogens with one attached hydrogen (secondary N) is 2. The van der Waals surface area contributed by atoms with Gasteiger partial charge in [-0.2, -0.15) is 5.10 Å². The van der Waals surface area contributed by atoms with Crippen molar-refractivity contribution in [2.75, 3.05) is 12.4 Å². The lowest BCUT2D eigenvalue weighted by molar-refractivity contribution is 0.214. The monoisotopic (exact) mass is 445 g/mol. The minimum absolute atomic E-state index is 0.0680. The lowest BCUT2D eigenvalue weighted by Crippen LogP contribution is -2.41. The van der Waals surface area contributed by atoms with Gasteiger partial charge in [-0.25, -0.2) is 14.8 Å². The quantitative estimate of drug-likeness (QED) is 0.748. The molecule has 2 N–H and O–H groups in total. The molecule has 9 nitrogen and oxygen atoms in total. The Morgan fingerprint density at radius 2 is 2.15 bits per heavy atom. The van der Waals surface area contributed by atoms with Gasteiger partial charge in [0, 0.05) is 42.4 Å². The van der Waals surface area contributed by atoms with Crippen LogP contribution in [0.15, 0.2) is 48.2 Å². The number of nitrogens with zero attached hydrogens (tertiary/aromatic N) is 5. The fraction of sp³-hybridized carbons (Fsp3) is 0.417. The van der Waals surface area contributed by atoms with Crippen molar-refractivity contribution in [3.05, 3.63) is 65.1 Å². The first-order valence-corrected chi connectivity index (χ1v) is 11.4. The summed E-state index contributed by atoms with van der Waals surface area (Å²) in [4.78, 5) is 25.7. The van der Waals surface area contributed by atoms with E-state index in [0.29, 0.717) is 11.7 Å². The third-order valence-electron chi connectivity index (χ3n) is 7.06. The zero-order valence-corrected chi connectivity index (χ0v) is 19.0. The van der Waals surface area contributed by atoms with E-state index in [0.717, 1.165) is 54.2 Å². The van der Waals surface area contributed by atoms with Crippen LogP contribution in [0, 0.1) is 5.92 Å². The van der Waals surface area contributed by atoms with Crippen molar-refractivity contribution in [1.29, 1.82) is 0 Å². The Bertz CT molecular complexity index is 1220. The highest BCUT2D eigenvalue weighted by Crippen LogP contribution is 2.47. The van der Waals surface area contributed by atoms with Gasteiger partial charge in [-0.1, -0.05) is 13.8 Å². The molecule has 0 bridgehead atoms. The Morgan fingerprint density at radius 1 is 1.30 bits per heavy atom. The molecule has 2 aliphatic heterocycles. The van der Waals surface area contributed by atoms with Crippen LogP contribution in [0.1, 0.15) is 43.6 Å². The lowest BCUT2D eigenvalue weighted by Gasteiger charge is -2.31. The molecule has 4 aliphatic rings. The summed E-state index contributed by atoms with van der Waals surface area (Å²) in [6.45, 7) is 5.87. The number of urea groups is 1. The average molecular weight is 446 g/mol. The number of aromatic amines is 1. The van der Waals surface area contributed by atoms with Gasteiger partial charge in [0.25, 0.3) is 0 Å². The van der Waals surface area contributed by atoms with E-state index in [1.54, 1.807) is 11.2 Å². The van der Waals surface area contributed by atoms with Crippen molar-refractivity contribution in [1.82, 2.24) is 30.0 Å². The summed E-state index contributed by atoms with van der Waals surface area (Å²) in [5, 5.41) is 10.3. The van der Waals surface area contributed by atoms with E-state index in [1.165, 1.54) is 0 Å². The number of fused-ring (bicyclic) bond motifs is 2. The number of hydrogen-bond acceptors (Lipinski definition) is 6. The molecule has 1 fully saturated rings. The van der Waals surface area contributed by atoms with Crippen LogP contribution in [-0.4, -0.2) is 49.1 Å². The molecule has 6 rings (SSSR count). The number of carbonyl (C=O) groups is 1. The maximum absolute atomic E-state index is 13.0. The van der Waals surface area contributed by atoms with Gasteiger partial charge in [-0.15, -0.1) is 0 Å². The molecule has 9 heteroatoms. The van der Waals surface area contributed by atoms with Gasteiger partial charge < -0.3 is 4.74 Å². The molecule has 170 valence electrons. The zero-order valence-electron chi connectivity index (χ0n) is 19.0. The van der Waals surface area contributed by atoms with Crippen LogP contribution in [0.2, 0.25) is 0 Å². The Labute approximate surface area is 192 Å². The highest BCUT2D eigenvalue weighted by Gasteiger charge is 2.41. The van der Waals surface area contributed by atoms with Gasteiger partial charge in [-0.3, -0.25) is 20.2 Å². The molecule has 0 aromatic carbocycles. The average Bonchev–Trinajstić information content (AvgIpc) is 3.16. The zero-order chi connectivity index (χ0) is 22.7. The van der Waals surface area contributed by atoms with Gasteiger partial charge in [0.05, 0.1) is 17.3 Å². The number of ether oxygens (including phenoxy) is 1. The first-order valence-electron chi connectivity index (χ1n) is 11.4. The van der Waals surface area contributed by atoms with E-state index >= 15 is 0 Å². The van der Waals surface area contributed by atoms with E-state index < -0.39 is 0 Å². The molecule has 2 aromatic rings. The van der Waals surface area contributed by atoms with Crippen LogP contribution in [0.25, 0.3) is 0 Å². The Kier molecular flexibility index (Phi) is 4.45. The van der Waals surface area contributed by atoms with E-state index in [4.69, 9.17) is 4.74 Å². The summed E-state index contributed by atoms with van der Waals surface area (Å²) in [6, 6.07) is 1.66. The summed E-state index contributed by atoms with van der Waals surface area (Å²) in [5.74, 6) is 1.97. The third kappa shape index (κ3) is 3.52. The summed E-state index contributed by atoms with van der Waals surface area (Å²) in [5.41, 5.74) is 4.34. The van der Waals surface area contributed by atoms with Crippen molar-refractivity contribution in [2.24, 2.45) is 5.92 Å². The van der Waals surface area contributed by atoms with Crippen molar-refractivity contribution >= 4 is 11.8 Å². The molecule has 0 saturated heterocycles. The molecule has 1 saturated carbocycles. The lowest BCUT2D eigenvalue weighted by atomic mass is 9.90. The van der Waals surface area contributed by atoms with Gasteiger partial charge >= 0.3 is 6.03 Å². The summed E-state index contributed by atoms with van der Waals surface area (Å²) < 4.78 is 6.20.